The van der Waals surface area contributed by atoms with Gasteiger partial charge in [-0.2, -0.15) is 8.78 Å². The van der Waals surface area contributed by atoms with Crippen molar-refractivity contribution in [1.29, 1.82) is 0 Å². The molecule has 1 N–H and O–H groups in total. The first-order valence-corrected chi connectivity index (χ1v) is 8.71. The van der Waals surface area contributed by atoms with Crippen LogP contribution in [0.15, 0.2) is 54.9 Å². The van der Waals surface area contributed by atoms with E-state index in [1.807, 2.05) is 0 Å². The number of hydrogen-bond acceptors (Lipinski definition) is 4. The molecule has 8 heteroatoms. The molecule has 0 aliphatic rings. The number of imidazole rings is 1. The van der Waals surface area contributed by atoms with Crippen LogP contribution in [0, 0.1) is 24.6 Å². The number of nitrogens with zero attached hydrogens (tertiary/aromatic N) is 3. The van der Waals surface area contributed by atoms with Gasteiger partial charge in [0.15, 0.2) is 0 Å². The van der Waals surface area contributed by atoms with E-state index < -0.39 is 17.7 Å². The van der Waals surface area contributed by atoms with Crippen LogP contribution in [-0.4, -0.2) is 19.9 Å². The number of nitrogens with one attached hydrogen (secondary N) is 1. The lowest BCUT2D eigenvalue weighted by atomic mass is 10.1. The number of rotatable bonds is 5. The highest BCUT2D eigenvalue weighted by Crippen LogP contribution is 2.27. The first-order valence-electron chi connectivity index (χ1n) is 8.71. The molecule has 0 saturated heterocycles. The second-order valence-electron chi connectivity index (χ2n) is 6.37. The van der Waals surface area contributed by atoms with Crippen molar-refractivity contribution in [1.82, 2.24) is 19.9 Å². The monoisotopic (exact) mass is 396 g/mol. The fourth-order valence-corrected chi connectivity index (χ4v) is 2.72. The summed E-state index contributed by atoms with van der Waals surface area (Å²) in [6.07, 6.45) is 2.84. The third-order valence-electron chi connectivity index (χ3n) is 4.22. The van der Waals surface area contributed by atoms with Gasteiger partial charge in [-0.15, -0.1) is 0 Å². The number of aromatic nitrogens is 4. The number of ether oxygens (including phenoxy) is 1. The van der Waals surface area contributed by atoms with Gasteiger partial charge in [0.25, 0.3) is 0 Å². The van der Waals surface area contributed by atoms with Crippen molar-refractivity contribution in [2.45, 2.75) is 13.5 Å². The summed E-state index contributed by atoms with van der Waals surface area (Å²) < 4.78 is 46.6. The third kappa shape index (κ3) is 4.11. The van der Waals surface area contributed by atoms with Gasteiger partial charge in [-0.1, -0.05) is 0 Å². The molecule has 0 atom stereocenters. The Hall–Kier alpha value is -3.68. The SMILES string of the molecule is Cc1cnc(COc2ccc(-c3nc(-c4ccc(F)nc4)[nH]c3F)cc2)c(F)c1. The number of halogens is 3. The highest BCUT2D eigenvalue weighted by atomic mass is 19.1. The van der Waals surface area contributed by atoms with E-state index >= 15 is 0 Å². The molecule has 0 saturated carbocycles. The first kappa shape index (κ1) is 18.7. The van der Waals surface area contributed by atoms with Gasteiger partial charge in [-0.3, -0.25) is 4.98 Å². The fraction of sp³-hybridized carbons (Fsp3) is 0.0952. The van der Waals surface area contributed by atoms with E-state index in [0.29, 0.717) is 16.9 Å². The second kappa shape index (κ2) is 7.75. The minimum atomic E-state index is -0.627. The molecule has 4 aromatic rings. The lowest BCUT2D eigenvalue weighted by Gasteiger charge is -2.07. The smallest absolute Gasteiger partial charge is 0.219 e. The Balaban J connectivity index is 1.50. The minimum absolute atomic E-state index is 0.0239. The maximum Gasteiger partial charge on any atom is 0.219 e. The molecule has 0 radical (unpaired) electrons. The van der Waals surface area contributed by atoms with Crippen LogP contribution >= 0.6 is 0 Å². The Morgan fingerprint density at radius 3 is 2.38 bits per heavy atom. The van der Waals surface area contributed by atoms with Crippen molar-refractivity contribution in [2.75, 3.05) is 0 Å². The quantitative estimate of drug-likeness (QED) is 0.491. The van der Waals surface area contributed by atoms with Gasteiger partial charge in [-0.25, -0.2) is 14.4 Å². The van der Waals surface area contributed by atoms with Crippen LogP contribution < -0.4 is 4.74 Å². The molecule has 1 aromatic carbocycles. The average Bonchev–Trinajstić information content (AvgIpc) is 3.10. The van der Waals surface area contributed by atoms with Crippen LogP contribution in [-0.2, 0) is 6.61 Å². The number of aromatic amines is 1. The number of pyridine rings is 2. The number of benzene rings is 1. The zero-order valence-corrected chi connectivity index (χ0v) is 15.3. The van der Waals surface area contributed by atoms with Crippen molar-refractivity contribution in [3.63, 3.8) is 0 Å². The van der Waals surface area contributed by atoms with Crippen LogP contribution in [0.4, 0.5) is 13.2 Å². The van der Waals surface area contributed by atoms with Crippen LogP contribution in [0.3, 0.4) is 0 Å². The van der Waals surface area contributed by atoms with Crippen LogP contribution in [0.25, 0.3) is 22.6 Å². The van der Waals surface area contributed by atoms with Crippen molar-refractivity contribution in [3.8, 4) is 28.4 Å². The van der Waals surface area contributed by atoms with Gasteiger partial charge >= 0.3 is 0 Å². The minimum Gasteiger partial charge on any atom is -0.487 e. The van der Waals surface area contributed by atoms with E-state index in [4.69, 9.17) is 4.74 Å². The van der Waals surface area contributed by atoms with Crippen molar-refractivity contribution >= 4 is 0 Å². The van der Waals surface area contributed by atoms with Crippen LogP contribution in [0.2, 0.25) is 0 Å². The zero-order chi connectivity index (χ0) is 20.4. The molecule has 29 heavy (non-hydrogen) atoms. The summed E-state index contributed by atoms with van der Waals surface area (Å²) in [6.45, 7) is 1.73. The molecule has 146 valence electrons. The maximum atomic E-state index is 14.3. The summed E-state index contributed by atoms with van der Waals surface area (Å²) >= 11 is 0. The Labute approximate surface area is 164 Å². The number of hydrogen-bond donors (Lipinski definition) is 1. The topological polar surface area (TPSA) is 63.7 Å². The molecule has 0 unspecified atom stereocenters. The van der Waals surface area contributed by atoms with Crippen LogP contribution in [0.1, 0.15) is 11.3 Å². The number of aryl methyl sites for hydroxylation is 1. The van der Waals surface area contributed by atoms with Gasteiger partial charge in [0.1, 0.15) is 35.4 Å². The number of H-pyrrole nitrogens is 1. The van der Waals surface area contributed by atoms with E-state index in [9.17, 15) is 13.2 Å². The Kier molecular flexibility index (Phi) is 4.99. The van der Waals surface area contributed by atoms with Crippen molar-refractivity contribution in [3.05, 3.63) is 83.8 Å². The summed E-state index contributed by atoms with van der Waals surface area (Å²) in [6, 6.07) is 10.6. The maximum absolute atomic E-state index is 14.3. The van der Waals surface area contributed by atoms with Gasteiger partial charge in [-0.05, 0) is 55.0 Å². The van der Waals surface area contributed by atoms with E-state index in [-0.39, 0.29) is 23.8 Å². The first-order chi connectivity index (χ1) is 14.0. The second-order valence-corrected chi connectivity index (χ2v) is 6.37. The van der Waals surface area contributed by atoms with E-state index in [0.717, 1.165) is 5.56 Å². The standard InChI is InChI=1S/C21H15F3N4O/c1-12-8-16(22)17(25-9-12)11-29-15-5-2-13(3-6-15)19-20(24)28-21(27-19)14-4-7-18(23)26-10-14/h2-10H,11H2,1H3,(H,27,28). The van der Waals surface area contributed by atoms with E-state index in [1.165, 1.54) is 24.4 Å². The summed E-state index contributed by atoms with van der Waals surface area (Å²) in [7, 11) is 0. The molecule has 3 aromatic heterocycles. The summed E-state index contributed by atoms with van der Waals surface area (Å²) in [5.41, 5.74) is 2.03. The molecule has 0 bridgehead atoms. The lowest BCUT2D eigenvalue weighted by molar-refractivity contribution is 0.294. The van der Waals surface area contributed by atoms with Gasteiger partial charge in [0, 0.05) is 23.5 Å². The Morgan fingerprint density at radius 1 is 0.931 bits per heavy atom. The summed E-state index contributed by atoms with van der Waals surface area (Å²) in [4.78, 5) is 14.3. The van der Waals surface area contributed by atoms with Gasteiger partial charge in [0.2, 0.25) is 11.9 Å². The summed E-state index contributed by atoms with van der Waals surface area (Å²) in [5.74, 6) is -0.954. The molecule has 0 aliphatic carbocycles. The largest absolute Gasteiger partial charge is 0.487 e. The highest BCUT2D eigenvalue weighted by molar-refractivity contribution is 5.65. The molecule has 4 rings (SSSR count). The Bertz CT molecular complexity index is 1140. The predicted molar refractivity (Wildman–Crippen MR) is 100 cm³/mol. The molecule has 0 aliphatic heterocycles. The van der Waals surface area contributed by atoms with E-state index in [1.54, 1.807) is 37.4 Å². The molecular weight excluding hydrogens is 381 g/mol. The molecule has 5 nitrogen and oxygen atoms in total. The Morgan fingerprint density at radius 2 is 1.69 bits per heavy atom. The fourth-order valence-electron chi connectivity index (χ4n) is 2.72. The zero-order valence-electron chi connectivity index (χ0n) is 15.3. The van der Waals surface area contributed by atoms with E-state index in [2.05, 4.69) is 19.9 Å². The molecule has 0 spiro atoms. The highest BCUT2D eigenvalue weighted by Gasteiger charge is 2.14. The summed E-state index contributed by atoms with van der Waals surface area (Å²) in [5, 5.41) is 0. The molecule has 3 heterocycles. The lowest BCUT2D eigenvalue weighted by Crippen LogP contribution is -2.02. The van der Waals surface area contributed by atoms with Crippen molar-refractivity contribution in [2.24, 2.45) is 0 Å². The van der Waals surface area contributed by atoms with Gasteiger partial charge in [0.05, 0.1) is 0 Å². The average molecular weight is 396 g/mol. The van der Waals surface area contributed by atoms with Crippen LogP contribution in [0.5, 0.6) is 5.75 Å². The van der Waals surface area contributed by atoms with Crippen molar-refractivity contribution < 1.29 is 17.9 Å². The van der Waals surface area contributed by atoms with Gasteiger partial charge < -0.3 is 9.72 Å². The molecule has 0 fully saturated rings. The molecule has 0 amide bonds. The normalized spacial score (nSPS) is 10.9. The predicted octanol–water partition coefficient (Wildman–Crippen LogP) is 4.84. The molecular formula is C21H15F3N4O. The third-order valence-corrected chi connectivity index (χ3v) is 4.22.